The monoisotopic (exact) mass is 277 g/mol. The summed E-state index contributed by atoms with van der Waals surface area (Å²) in [4.78, 5) is 6.72. The number of para-hydroxylation sites is 1. The Labute approximate surface area is 122 Å². The van der Waals surface area contributed by atoms with Gasteiger partial charge in [-0.15, -0.1) is 0 Å². The van der Waals surface area contributed by atoms with Crippen LogP contribution in [-0.2, 0) is 0 Å². The minimum Gasteiger partial charge on any atom is -0.492 e. The topological polar surface area (TPSA) is 36.9 Å². The van der Waals surface area contributed by atoms with Gasteiger partial charge in [-0.2, -0.15) is 0 Å². The molecule has 0 spiro atoms. The molecule has 20 heavy (non-hydrogen) atoms. The number of aliphatic imine (C=N–C) groups is 1. The number of hydrogen-bond acceptors (Lipinski definition) is 2. The molecule has 4 heteroatoms. The van der Waals surface area contributed by atoms with Crippen molar-refractivity contribution in [2.24, 2.45) is 4.99 Å². The van der Waals surface area contributed by atoms with Crippen LogP contribution in [-0.4, -0.2) is 44.1 Å². The SMILES string of the molecule is CCCCN=C(NCC)N(C)CCOc1ccccc1. The van der Waals surface area contributed by atoms with Gasteiger partial charge in [0.2, 0.25) is 0 Å². The van der Waals surface area contributed by atoms with Crippen LogP contribution in [0.2, 0.25) is 0 Å². The molecule has 1 aromatic carbocycles. The lowest BCUT2D eigenvalue weighted by Crippen LogP contribution is -2.41. The van der Waals surface area contributed by atoms with Gasteiger partial charge in [0.1, 0.15) is 12.4 Å². The second-order valence-corrected chi connectivity index (χ2v) is 4.67. The van der Waals surface area contributed by atoms with Crippen molar-refractivity contribution in [1.82, 2.24) is 10.2 Å². The third-order valence-corrected chi connectivity index (χ3v) is 2.91. The van der Waals surface area contributed by atoms with Gasteiger partial charge >= 0.3 is 0 Å². The molecule has 1 aromatic rings. The lowest BCUT2D eigenvalue weighted by molar-refractivity contribution is 0.281. The number of rotatable bonds is 8. The van der Waals surface area contributed by atoms with Gasteiger partial charge in [0.25, 0.3) is 0 Å². The van der Waals surface area contributed by atoms with Gasteiger partial charge in [0.15, 0.2) is 5.96 Å². The summed E-state index contributed by atoms with van der Waals surface area (Å²) in [7, 11) is 2.04. The van der Waals surface area contributed by atoms with Gasteiger partial charge in [-0.05, 0) is 25.5 Å². The number of nitrogens with one attached hydrogen (secondary N) is 1. The Morgan fingerprint density at radius 2 is 2.00 bits per heavy atom. The van der Waals surface area contributed by atoms with Gasteiger partial charge in [-0.25, -0.2) is 0 Å². The predicted octanol–water partition coefficient (Wildman–Crippen LogP) is 2.76. The molecular formula is C16H27N3O. The van der Waals surface area contributed by atoms with E-state index in [1.165, 1.54) is 6.42 Å². The maximum Gasteiger partial charge on any atom is 0.193 e. The Morgan fingerprint density at radius 1 is 1.25 bits per heavy atom. The molecule has 112 valence electrons. The zero-order valence-corrected chi connectivity index (χ0v) is 12.9. The van der Waals surface area contributed by atoms with Gasteiger partial charge < -0.3 is 15.0 Å². The molecule has 0 saturated heterocycles. The van der Waals surface area contributed by atoms with Crippen molar-refractivity contribution in [2.75, 3.05) is 33.3 Å². The Bertz CT molecular complexity index is 379. The Hall–Kier alpha value is -1.71. The molecule has 0 aromatic heterocycles. The van der Waals surface area contributed by atoms with Gasteiger partial charge in [0.05, 0.1) is 6.54 Å². The summed E-state index contributed by atoms with van der Waals surface area (Å²) < 4.78 is 5.71. The van der Waals surface area contributed by atoms with Crippen molar-refractivity contribution in [3.63, 3.8) is 0 Å². The molecule has 0 aliphatic heterocycles. The van der Waals surface area contributed by atoms with E-state index in [4.69, 9.17) is 4.74 Å². The van der Waals surface area contributed by atoms with Crippen LogP contribution in [0.5, 0.6) is 5.75 Å². The molecule has 0 bridgehead atoms. The summed E-state index contributed by atoms with van der Waals surface area (Å²) in [6.45, 7) is 7.49. The third kappa shape index (κ3) is 6.45. The highest BCUT2D eigenvalue weighted by Gasteiger charge is 2.05. The van der Waals surface area contributed by atoms with Crippen molar-refractivity contribution >= 4 is 5.96 Å². The minimum atomic E-state index is 0.651. The largest absolute Gasteiger partial charge is 0.492 e. The summed E-state index contributed by atoms with van der Waals surface area (Å²) in [5.74, 6) is 1.87. The Morgan fingerprint density at radius 3 is 2.65 bits per heavy atom. The van der Waals surface area contributed by atoms with Crippen LogP contribution in [0.4, 0.5) is 0 Å². The minimum absolute atomic E-state index is 0.651. The smallest absolute Gasteiger partial charge is 0.193 e. The average Bonchev–Trinajstić information content (AvgIpc) is 2.47. The quantitative estimate of drug-likeness (QED) is 0.451. The van der Waals surface area contributed by atoms with Crippen LogP contribution >= 0.6 is 0 Å². The van der Waals surface area contributed by atoms with E-state index in [1.807, 2.05) is 37.4 Å². The molecule has 0 fully saturated rings. The van der Waals surface area contributed by atoms with Crippen LogP contribution in [0.3, 0.4) is 0 Å². The number of nitrogens with zero attached hydrogens (tertiary/aromatic N) is 2. The first kappa shape index (κ1) is 16.3. The molecule has 0 heterocycles. The molecule has 0 saturated carbocycles. The van der Waals surface area contributed by atoms with E-state index in [1.54, 1.807) is 0 Å². The van der Waals surface area contributed by atoms with Crippen LogP contribution in [0, 0.1) is 0 Å². The first-order valence-electron chi connectivity index (χ1n) is 7.45. The molecule has 0 atom stereocenters. The average molecular weight is 277 g/mol. The number of ether oxygens (including phenoxy) is 1. The van der Waals surface area contributed by atoms with E-state index in [-0.39, 0.29) is 0 Å². The van der Waals surface area contributed by atoms with E-state index >= 15 is 0 Å². The Kier molecular flexibility index (Phi) is 8.27. The van der Waals surface area contributed by atoms with Gasteiger partial charge in [0, 0.05) is 20.1 Å². The fraction of sp³-hybridized carbons (Fsp3) is 0.562. The van der Waals surface area contributed by atoms with Crippen molar-refractivity contribution in [3.8, 4) is 5.75 Å². The highest BCUT2D eigenvalue weighted by Crippen LogP contribution is 2.07. The lowest BCUT2D eigenvalue weighted by atomic mass is 10.3. The van der Waals surface area contributed by atoms with E-state index in [0.29, 0.717) is 6.61 Å². The highest BCUT2D eigenvalue weighted by molar-refractivity contribution is 5.79. The molecule has 0 radical (unpaired) electrons. The first-order valence-corrected chi connectivity index (χ1v) is 7.45. The predicted molar refractivity (Wildman–Crippen MR) is 85.5 cm³/mol. The highest BCUT2D eigenvalue weighted by atomic mass is 16.5. The van der Waals surface area contributed by atoms with Crippen LogP contribution < -0.4 is 10.1 Å². The van der Waals surface area contributed by atoms with Crippen LogP contribution in [0.15, 0.2) is 35.3 Å². The number of benzene rings is 1. The van der Waals surface area contributed by atoms with Crippen molar-refractivity contribution < 1.29 is 4.74 Å². The normalized spacial score (nSPS) is 11.2. The van der Waals surface area contributed by atoms with Crippen molar-refractivity contribution in [1.29, 1.82) is 0 Å². The van der Waals surface area contributed by atoms with E-state index in [9.17, 15) is 0 Å². The maximum atomic E-state index is 5.71. The van der Waals surface area contributed by atoms with Crippen molar-refractivity contribution in [3.05, 3.63) is 30.3 Å². The van der Waals surface area contributed by atoms with Gasteiger partial charge in [-0.1, -0.05) is 31.5 Å². The number of guanidine groups is 1. The fourth-order valence-corrected chi connectivity index (χ4v) is 1.74. The molecule has 1 N–H and O–H groups in total. The summed E-state index contributed by atoms with van der Waals surface area (Å²) in [6.07, 6.45) is 2.30. The molecule has 1 rings (SSSR count). The lowest BCUT2D eigenvalue weighted by Gasteiger charge is -2.22. The summed E-state index contributed by atoms with van der Waals surface area (Å²) in [6, 6.07) is 9.90. The Balaban J connectivity index is 2.37. The van der Waals surface area contributed by atoms with E-state index in [0.717, 1.165) is 37.8 Å². The molecule has 0 aliphatic rings. The zero-order valence-electron chi connectivity index (χ0n) is 12.9. The van der Waals surface area contributed by atoms with Crippen LogP contribution in [0.1, 0.15) is 26.7 Å². The second kappa shape index (κ2) is 10.1. The standard InChI is InChI=1S/C16H27N3O/c1-4-6-12-18-16(17-5-2)19(3)13-14-20-15-10-8-7-9-11-15/h7-11H,4-6,12-14H2,1-3H3,(H,17,18). The second-order valence-electron chi connectivity index (χ2n) is 4.67. The molecule has 0 amide bonds. The molecule has 0 unspecified atom stereocenters. The van der Waals surface area contributed by atoms with E-state index in [2.05, 4.69) is 29.1 Å². The van der Waals surface area contributed by atoms with Crippen LogP contribution in [0.25, 0.3) is 0 Å². The zero-order chi connectivity index (χ0) is 14.6. The number of likely N-dealkylation sites (N-methyl/N-ethyl adjacent to an activating group) is 1. The molecule has 4 nitrogen and oxygen atoms in total. The third-order valence-electron chi connectivity index (χ3n) is 2.91. The summed E-state index contributed by atoms with van der Waals surface area (Å²) in [5.41, 5.74) is 0. The summed E-state index contributed by atoms with van der Waals surface area (Å²) >= 11 is 0. The molecular weight excluding hydrogens is 250 g/mol. The first-order chi connectivity index (χ1) is 9.77. The van der Waals surface area contributed by atoms with Gasteiger partial charge in [-0.3, -0.25) is 4.99 Å². The maximum absolute atomic E-state index is 5.71. The van der Waals surface area contributed by atoms with Crippen molar-refractivity contribution in [2.45, 2.75) is 26.7 Å². The molecule has 0 aliphatic carbocycles. The number of unbranched alkanes of at least 4 members (excludes halogenated alkanes) is 1. The fourth-order valence-electron chi connectivity index (χ4n) is 1.74. The summed E-state index contributed by atoms with van der Waals surface area (Å²) in [5, 5.41) is 3.31. The number of hydrogen-bond donors (Lipinski definition) is 1. The van der Waals surface area contributed by atoms with E-state index < -0.39 is 0 Å².